The molecule has 50 valence electrons. The summed E-state index contributed by atoms with van der Waals surface area (Å²) in [6.45, 7) is 1.66. The molecule has 0 fully saturated rings. The third-order valence-corrected chi connectivity index (χ3v) is 2.47. The van der Waals surface area contributed by atoms with Crippen LogP contribution in [0.2, 0.25) is 5.54 Å². The van der Waals surface area contributed by atoms with E-state index in [0.717, 1.165) is 18.6 Å². The van der Waals surface area contributed by atoms with Gasteiger partial charge < -0.3 is 11.5 Å². The molecule has 0 aromatic rings. The lowest BCUT2D eigenvalue weighted by molar-refractivity contribution is 0.693. The molecule has 0 aliphatic rings. The van der Waals surface area contributed by atoms with E-state index in [0.29, 0.717) is 0 Å². The second-order valence-corrected chi connectivity index (χ2v) is 3.89. The standard InChI is InChI=1S/C5H16N2Si/c6-3-1-5(8)2-4-7/h5H,1-4,6-7H2,8H3. The highest BCUT2D eigenvalue weighted by Crippen LogP contribution is 2.06. The Balaban J connectivity index is 2.92. The van der Waals surface area contributed by atoms with E-state index < -0.39 is 0 Å². The number of nitrogens with two attached hydrogens (primary N) is 2. The van der Waals surface area contributed by atoms with Gasteiger partial charge in [0.2, 0.25) is 0 Å². The van der Waals surface area contributed by atoms with Gasteiger partial charge in [0, 0.05) is 10.2 Å². The van der Waals surface area contributed by atoms with E-state index >= 15 is 0 Å². The molecule has 0 atom stereocenters. The minimum absolute atomic E-state index is 0.828. The van der Waals surface area contributed by atoms with Gasteiger partial charge in [0.1, 0.15) is 0 Å². The molecule has 8 heavy (non-hydrogen) atoms. The van der Waals surface area contributed by atoms with E-state index in [1.807, 2.05) is 0 Å². The normalized spacial score (nSPS) is 10.9. The zero-order chi connectivity index (χ0) is 6.41. The van der Waals surface area contributed by atoms with Crippen molar-refractivity contribution in [3.8, 4) is 0 Å². The van der Waals surface area contributed by atoms with Crippen LogP contribution < -0.4 is 11.5 Å². The molecule has 0 aliphatic carbocycles. The van der Waals surface area contributed by atoms with Crippen molar-refractivity contribution in [1.29, 1.82) is 0 Å². The molecule has 0 aliphatic heterocycles. The van der Waals surface area contributed by atoms with Gasteiger partial charge in [0.25, 0.3) is 0 Å². The smallest absolute Gasteiger partial charge is 0.00685 e. The number of rotatable bonds is 4. The van der Waals surface area contributed by atoms with Crippen LogP contribution in [-0.2, 0) is 0 Å². The Morgan fingerprint density at radius 3 is 1.75 bits per heavy atom. The van der Waals surface area contributed by atoms with E-state index in [9.17, 15) is 0 Å². The quantitative estimate of drug-likeness (QED) is 0.474. The van der Waals surface area contributed by atoms with E-state index in [-0.39, 0.29) is 0 Å². The Bertz CT molecular complexity index is 43.7. The number of hydrogen-bond donors (Lipinski definition) is 2. The van der Waals surface area contributed by atoms with Gasteiger partial charge in [0.05, 0.1) is 0 Å². The fourth-order valence-electron chi connectivity index (χ4n) is 0.713. The third-order valence-electron chi connectivity index (χ3n) is 1.32. The lowest BCUT2D eigenvalue weighted by Gasteiger charge is -2.05. The van der Waals surface area contributed by atoms with Gasteiger partial charge in [-0.3, -0.25) is 0 Å². The maximum Gasteiger partial charge on any atom is 0.00685 e. The molecule has 0 spiro atoms. The van der Waals surface area contributed by atoms with Crippen molar-refractivity contribution >= 4 is 10.2 Å². The van der Waals surface area contributed by atoms with Crippen molar-refractivity contribution in [3.05, 3.63) is 0 Å². The molecule has 0 radical (unpaired) electrons. The highest BCUT2D eigenvalue weighted by atomic mass is 28.1. The van der Waals surface area contributed by atoms with Crippen LogP contribution in [0.5, 0.6) is 0 Å². The van der Waals surface area contributed by atoms with Gasteiger partial charge in [-0.15, -0.1) is 0 Å². The average molecular weight is 132 g/mol. The van der Waals surface area contributed by atoms with Gasteiger partial charge >= 0.3 is 0 Å². The van der Waals surface area contributed by atoms with Gasteiger partial charge in [-0.05, 0) is 25.9 Å². The van der Waals surface area contributed by atoms with Gasteiger partial charge in [0.15, 0.2) is 0 Å². The van der Waals surface area contributed by atoms with Crippen molar-refractivity contribution in [1.82, 2.24) is 0 Å². The molecule has 3 heteroatoms. The SMILES string of the molecule is NCCC([SiH3])CCN. The van der Waals surface area contributed by atoms with Gasteiger partial charge in [-0.1, -0.05) is 5.54 Å². The van der Waals surface area contributed by atoms with E-state index in [1.54, 1.807) is 0 Å². The summed E-state index contributed by atoms with van der Waals surface area (Å²) in [5, 5.41) is 0. The van der Waals surface area contributed by atoms with E-state index in [1.165, 1.54) is 23.1 Å². The first-order chi connectivity index (χ1) is 3.81. The van der Waals surface area contributed by atoms with E-state index in [2.05, 4.69) is 0 Å². The molecule has 0 heterocycles. The van der Waals surface area contributed by atoms with Crippen LogP contribution in [-0.4, -0.2) is 23.3 Å². The summed E-state index contributed by atoms with van der Waals surface area (Å²) in [5.41, 5.74) is 11.5. The van der Waals surface area contributed by atoms with Crippen molar-refractivity contribution in [2.24, 2.45) is 11.5 Å². The topological polar surface area (TPSA) is 52.0 Å². The summed E-state index contributed by atoms with van der Waals surface area (Å²) >= 11 is 0. The Morgan fingerprint density at radius 2 is 1.50 bits per heavy atom. The van der Waals surface area contributed by atoms with Crippen LogP contribution in [0, 0.1) is 0 Å². The van der Waals surface area contributed by atoms with Gasteiger partial charge in [-0.25, -0.2) is 0 Å². The highest BCUT2D eigenvalue weighted by Gasteiger charge is 1.96. The van der Waals surface area contributed by atoms with Crippen molar-refractivity contribution in [2.75, 3.05) is 13.1 Å². The minimum atomic E-state index is 0.828. The molecule has 0 saturated heterocycles. The largest absolute Gasteiger partial charge is 0.330 e. The zero-order valence-electron chi connectivity index (χ0n) is 5.56. The fourth-order valence-corrected chi connectivity index (χ4v) is 1.38. The predicted molar refractivity (Wildman–Crippen MR) is 41.0 cm³/mol. The maximum atomic E-state index is 5.34. The summed E-state index contributed by atoms with van der Waals surface area (Å²) in [6, 6.07) is 0. The van der Waals surface area contributed by atoms with Gasteiger partial charge in [-0.2, -0.15) is 0 Å². The molecule has 2 nitrogen and oxygen atoms in total. The Morgan fingerprint density at radius 1 is 1.12 bits per heavy atom. The summed E-state index contributed by atoms with van der Waals surface area (Å²) in [6.07, 6.45) is 2.34. The molecule has 0 aromatic heterocycles. The first-order valence-electron chi connectivity index (χ1n) is 3.21. The van der Waals surface area contributed by atoms with Crippen LogP contribution in [0.15, 0.2) is 0 Å². The fraction of sp³-hybridized carbons (Fsp3) is 1.00. The number of hydrogen-bond acceptors (Lipinski definition) is 2. The lowest BCUT2D eigenvalue weighted by atomic mass is 10.2. The molecule has 0 rings (SSSR count). The zero-order valence-corrected chi connectivity index (χ0v) is 7.56. The molecular weight excluding hydrogens is 116 g/mol. The Kier molecular flexibility index (Phi) is 5.37. The molecule has 0 bridgehead atoms. The average Bonchev–Trinajstić information content (AvgIpc) is 1.68. The van der Waals surface area contributed by atoms with Crippen molar-refractivity contribution in [3.63, 3.8) is 0 Å². The minimum Gasteiger partial charge on any atom is -0.330 e. The second kappa shape index (κ2) is 5.28. The molecule has 4 N–H and O–H groups in total. The van der Waals surface area contributed by atoms with Crippen LogP contribution in [0.4, 0.5) is 0 Å². The first kappa shape index (κ1) is 8.14. The van der Waals surface area contributed by atoms with E-state index in [4.69, 9.17) is 11.5 Å². The maximum absolute atomic E-state index is 5.34. The molecule has 0 aromatic carbocycles. The lowest BCUT2D eigenvalue weighted by Crippen LogP contribution is -2.08. The Labute approximate surface area is 54.0 Å². The monoisotopic (exact) mass is 132 g/mol. The summed E-state index contributed by atoms with van der Waals surface area (Å²) < 4.78 is 0. The molecule has 0 amide bonds. The summed E-state index contributed by atoms with van der Waals surface area (Å²) in [4.78, 5) is 0. The van der Waals surface area contributed by atoms with Crippen LogP contribution in [0.3, 0.4) is 0 Å². The summed E-state index contributed by atoms with van der Waals surface area (Å²) in [7, 11) is 1.25. The van der Waals surface area contributed by atoms with Crippen LogP contribution in [0.1, 0.15) is 12.8 Å². The van der Waals surface area contributed by atoms with Crippen LogP contribution >= 0.6 is 0 Å². The second-order valence-electron chi connectivity index (χ2n) is 2.26. The third kappa shape index (κ3) is 4.30. The summed E-state index contributed by atoms with van der Waals surface area (Å²) in [5.74, 6) is 0. The highest BCUT2D eigenvalue weighted by molar-refractivity contribution is 6.11. The van der Waals surface area contributed by atoms with Crippen molar-refractivity contribution in [2.45, 2.75) is 18.4 Å². The van der Waals surface area contributed by atoms with Crippen molar-refractivity contribution < 1.29 is 0 Å². The Hall–Kier alpha value is 0.137. The molecule has 0 saturated carbocycles. The van der Waals surface area contributed by atoms with Crippen LogP contribution in [0.25, 0.3) is 0 Å². The first-order valence-corrected chi connectivity index (χ1v) is 4.37. The molecular formula is C5H16N2Si. The predicted octanol–water partition coefficient (Wildman–Crippen LogP) is -1.16. The molecule has 0 unspecified atom stereocenters.